The number of benzene rings is 2. The van der Waals surface area contributed by atoms with Crippen molar-refractivity contribution in [3.63, 3.8) is 0 Å². The average Bonchev–Trinajstić information content (AvgIpc) is 2.97. The number of hydrogen-bond donors (Lipinski definition) is 3. The number of aromatic carboxylic acids is 1. The van der Waals surface area contributed by atoms with E-state index < -0.39 is 11.4 Å². The Labute approximate surface area is 266 Å². The fraction of sp³-hybridized carbons (Fsp3) is 0.345. The van der Waals surface area contributed by atoms with Gasteiger partial charge in [0.15, 0.2) is 5.43 Å². The Kier molecular flexibility index (Phi) is 13.6. The number of aromatic nitrogens is 2. The number of carboxylic acid groups (broad SMARTS) is 1. The highest BCUT2D eigenvalue weighted by Gasteiger charge is 2.21. The number of methoxy groups -OCH3 is 2. The molecule has 0 saturated carbocycles. The van der Waals surface area contributed by atoms with E-state index in [0.29, 0.717) is 65.1 Å². The zero-order valence-electron chi connectivity index (χ0n) is 24.0. The van der Waals surface area contributed by atoms with Gasteiger partial charge < -0.3 is 34.0 Å². The zero-order valence-corrected chi connectivity index (χ0v) is 27.2. The predicted molar refractivity (Wildman–Crippen MR) is 174 cm³/mol. The van der Waals surface area contributed by atoms with Crippen molar-refractivity contribution < 1.29 is 28.8 Å². The number of aromatic amines is 2. The van der Waals surface area contributed by atoms with Gasteiger partial charge in [0.1, 0.15) is 40.3 Å². The second kappa shape index (κ2) is 16.8. The van der Waals surface area contributed by atoms with Crippen LogP contribution in [0.2, 0.25) is 10.0 Å². The van der Waals surface area contributed by atoms with Gasteiger partial charge in [-0.05, 0) is 35.8 Å². The molecule has 0 atom stereocenters. The van der Waals surface area contributed by atoms with Crippen LogP contribution in [0.1, 0.15) is 24.2 Å². The molecule has 2 heterocycles. The standard InChI is InChI=1S/C15H16ClNO5S.C14H16ClNO3S/c1-3-23-14-10(15(19)20)13(18)8-4-5-9(22-7-6-21-2)11(16)12(8)17-14;1-3-20-12-8-10(17)9-4-5-11(19-7-6-18-2)13(15)14(9)16-12/h4-5H,3,6-7H2,1-2H3,(H,17,18)(H,19,20);4-5,8H,3,6-7H2,1-2H3,(H,16,17). The second-order valence-corrected chi connectivity index (χ2v) is 11.9. The first kappa shape index (κ1) is 34.6. The summed E-state index contributed by atoms with van der Waals surface area (Å²) in [6.45, 7) is 5.51. The molecule has 0 bridgehead atoms. The number of halogens is 2. The normalized spacial score (nSPS) is 10.9. The minimum Gasteiger partial charge on any atom is -0.490 e. The topological polar surface area (TPSA) is 140 Å². The van der Waals surface area contributed by atoms with Crippen molar-refractivity contribution in [1.29, 1.82) is 0 Å². The molecular weight excluding hydrogens is 639 g/mol. The second-order valence-electron chi connectivity index (χ2n) is 8.61. The highest BCUT2D eigenvalue weighted by atomic mass is 35.5. The van der Waals surface area contributed by atoms with E-state index in [1.807, 2.05) is 13.8 Å². The number of ether oxygens (including phenoxy) is 4. The fourth-order valence-electron chi connectivity index (χ4n) is 3.90. The summed E-state index contributed by atoms with van der Waals surface area (Å²) < 4.78 is 20.9. The Bertz CT molecular complexity index is 1690. The molecule has 4 rings (SSSR count). The van der Waals surface area contributed by atoms with Gasteiger partial charge in [-0.25, -0.2) is 4.79 Å². The van der Waals surface area contributed by atoms with Crippen LogP contribution in [0, 0.1) is 0 Å². The van der Waals surface area contributed by atoms with Crippen LogP contribution in [0.25, 0.3) is 21.8 Å². The van der Waals surface area contributed by atoms with Crippen LogP contribution >= 0.6 is 46.7 Å². The van der Waals surface area contributed by atoms with Crippen LogP contribution < -0.4 is 20.3 Å². The fourth-order valence-corrected chi connectivity index (χ4v) is 5.89. The summed E-state index contributed by atoms with van der Waals surface area (Å²) in [5.41, 5.74) is 0.110. The molecule has 0 spiro atoms. The van der Waals surface area contributed by atoms with Crippen molar-refractivity contribution in [2.45, 2.75) is 23.9 Å². The van der Waals surface area contributed by atoms with E-state index in [9.17, 15) is 19.5 Å². The SMILES string of the molecule is CCSc1[nH]c2c(Cl)c(OCCOC)ccc2c(=O)c1C(=O)O.CCSc1cc(=O)c2ccc(OCCOC)c(Cl)c2[nH]1. The summed E-state index contributed by atoms with van der Waals surface area (Å²) in [4.78, 5) is 42.0. The van der Waals surface area contributed by atoms with Crippen molar-refractivity contribution in [2.24, 2.45) is 0 Å². The Morgan fingerprint density at radius 2 is 1.35 bits per heavy atom. The van der Waals surface area contributed by atoms with Gasteiger partial charge in [0, 0.05) is 31.1 Å². The summed E-state index contributed by atoms with van der Waals surface area (Å²) in [5, 5.41) is 11.8. The smallest absolute Gasteiger partial charge is 0.342 e. The molecule has 0 aliphatic heterocycles. The van der Waals surface area contributed by atoms with Crippen molar-refractivity contribution in [3.8, 4) is 11.5 Å². The summed E-state index contributed by atoms with van der Waals surface area (Å²) >= 11 is 15.4. The molecule has 4 aromatic rings. The van der Waals surface area contributed by atoms with Crippen LogP contribution in [0.5, 0.6) is 11.5 Å². The molecule has 0 unspecified atom stereocenters. The van der Waals surface area contributed by atoms with Crippen LogP contribution in [0.4, 0.5) is 0 Å². The molecule has 2 aromatic heterocycles. The van der Waals surface area contributed by atoms with E-state index in [1.165, 1.54) is 17.8 Å². The lowest BCUT2D eigenvalue weighted by Crippen LogP contribution is -2.18. The minimum absolute atomic E-state index is 0.0416. The number of carbonyl (C=O) groups is 1. The first-order chi connectivity index (χ1) is 20.7. The number of rotatable bonds is 13. The van der Waals surface area contributed by atoms with Gasteiger partial charge in [-0.15, -0.1) is 23.5 Å². The molecular formula is C29H32Cl2N2O8S2. The maximum absolute atomic E-state index is 12.5. The summed E-state index contributed by atoms with van der Waals surface area (Å²) in [7, 11) is 3.17. The van der Waals surface area contributed by atoms with Gasteiger partial charge in [-0.3, -0.25) is 9.59 Å². The number of pyridine rings is 2. The van der Waals surface area contributed by atoms with Crippen molar-refractivity contribution >= 4 is 74.5 Å². The predicted octanol–water partition coefficient (Wildman–Crippen LogP) is 6.34. The Morgan fingerprint density at radius 3 is 1.86 bits per heavy atom. The van der Waals surface area contributed by atoms with Crippen molar-refractivity contribution in [3.05, 3.63) is 66.4 Å². The number of thioether (sulfide) groups is 2. The van der Waals surface area contributed by atoms with E-state index >= 15 is 0 Å². The Morgan fingerprint density at radius 1 is 0.814 bits per heavy atom. The van der Waals surface area contributed by atoms with Crippen LogP contribution in [0.3, 0.4) is 0 Å². The lowest BCUT2D eigenvalue weighted by molar-refractivity contribution is 0.0691. The molecule has 3 N–H and O–H groups in total. The quantitative estimate of drug-likeness (QED) is 0.109. The van der Waals surface area contributed by atoms with Gasteiger partial charge in [0.05, 0.1) is 34.3 Å². The summed E-state index contributed by atoms with van der Waals surface area (Å²) in [5.74, 6) is 1.18. The third-order valence-electron chi connectivity index (χ3n) is 5.82. The van der Waals surface area contributed by atoms with E-state index in [1.54, 1.807) is 50.2 Å². The lowest BCUT2D eigenvalue weighted by atomic mass is 10.1. The van der Waals surface area contributed by atoms with Gasteiger partial charge in [0.25, 0.3) is 0 Å². The average molecular weight is 672 g/mol. The van der Waals surface area contributed by atoms with Gasteiger partial charge in [-0.1, -0.05) is 37.0 Å². The Hall–Kier alpha value is -2.87. The molecule has 0 radical (unpaired) electrons. The van der Waals surface area contributed by atoms with E-state index in [-0.39, 0.29) is 26.4 Å². The largest absolute Gasteiger partial charge is 0.490 e. The first-order valence-corrected chi connectivity index (χ1v) is 15.9. The number of hydrogen-bond acceptors (Lipinski definition) is 9. The summed E-state index contributed by atoms with van der Waals surface area (Å²) in [6.07, 6.45) is 0. The van der Waals surface area contributed by atoms with E-state index in [2.05, 4.69) is 9.97 Å². The van der Waals surface area contributed by atoms with Gasteiger partial charge >= 0.3 is 5.97 Å². The van der Waals surface area contributed by atoms with Crippen LogP contribution in [-0.4, -0.2) is 73.2 Å². The molecule has 43 heavy (non-hydrogen) atoms. The van der Waals surface area contributed by atoms with E-state index in [0.717, 1.165) is 10.8 Å². The third kappa shape index (κ3) is 8.62. The van der Waals surface area contributed by atoms with Crippen LogP contribution in [0.15, 0.2) is 50.0 Å². The maximum Gasteiger partial charge on any atom is 0.342 e. The lowest BCUT2D eigenvalue weighted by Gasteiger charge is -2.12. The van der Waals surface area contributed by atoms with Gasteiger partial charge in [0.2, 0.25) is 5.43 Å². The number of H-pyrrole nitrogens is 2. The molecule has 232 valence electrons. The summed E-state index contributed by atoms with van der Waals surface area (Å²) in [6, 6.07) is 8.09. The zero-order chi connectivity index (χ0) is 31.5. The highest BCUT2D eigenvalue weighted by molar-refractivity contribution is 7.99. The Balaban J connectivity index is 0.000000238. The van der Waals surface area contributed by atoms with Crippen LogP contribution in [-0.2, 0) is 9.47 Å². The van der Waals surface area contributed by atoms with Crippen molar-refractivity contribution in [1.82, 2.24) is 9.97 Å². The molecule has 14 heteroatoms. The van der Waals surface area contributed by atoms with Gasteiger partial charge in [-0.2, -0.15) is 0 Å². The van der Waals surface area contributed by atoms with Crippen molar-refractivity contribution in [2.75, 3.05) is 52.2 Å². The third-order valence-corrected chi connectivity index (χ3v) is 8.27. The molecule has 0 aliphatic rings. The van der Waals surface area contributed by atoms with E-state index in [4.69, 9.17) is 42.1 Å². The molecule has 0 aliphatic carbocycles. The minimum atomic E-state index is -1.26. The molecule has 0 saturated heterocycles. The maximum atomic E-state index is 12.5. The first-order valence-electron chi connectivity index (χ1n) is 13.1. The molecule has 10 nitrogen and oxygen atoms in total. The monoisotopic (exact) mass is 670 g/mol. The molecule has 0 fully saturated rings. The number of carboxylic acids is 1. The number of fused-ring (bicyclic) bond motifs is 2. The number of nitrogens with one attached hydrogen (secondary N) is 2. The molecule has 0 amide bonds. The molecule has 2 aromatic carbocycles. The highest BCUT2D eigenvalue weighted by Crippen LogP contribution is 2.33.